The lowest BCUT2D eigenvalue weighted by Crippen LogP contribution is -2.20. The monoisotopic (exact) mass is 205 g/mol. The minimum absolute atomic E-state index is 0.0580. The van der Waals surface area contributed by atoms with Crippen molar-refractivity contribution >= 4 is 11.5 Å². The van der Waals surface area contributed by atoms with Gasteiger partial charge in [-0.05, 0) is 12.1 Å². The van der Waals surface area contributed by atoms with Crippen LogP contribution in [0.4, 0.5) is 13.2 Å². The van der Waals surface area contributed by atoms with Gasteiger partial charge in [0.2, 0.25) is 0 Å². The zero-order chi connectivity index (χ0) is 10.8. The smallest absolute Gasteiger partial charge is 0.454 e. The average Bonchev–Trinajstić information content (AvgIpc) is 2.53. The fraction of sp³-hybridized carbons (Fsp3) is 0.125. The highest BCUT2D eigenvalue weighted by Crippen LogP contribution is 2.18. The van der Waals surface area contributed by atoms with Crippen molar-refractivity contribution in [1.29, 1.82) is 0 Å². The second-order valence-corrected chi connectivity index (χ2v) is 2.48. The van der Waals surface area contributed by atoms with E-state index < -0.39 is 17.7 Å². The Morgan fingerprint density at radius 3 is 2.57 bits per heavy atom. The fourth-order valence-corrected chi connectivity index (χ4v) is 0.773. The summed E-state index contributed by atoms with van der Waals surface area (Å²) >= 11 is 0. The van der Waals surface area contributed by atoms with Crippen LogP contribution in [0, 0.1) is 0 Å². The van der Waals surface area contributed by atoms with Crippen molar-refractivity contribution in [3.63, 3.8) is 0 Å². The summed E-state index contributed by atoms with van der Waals surface area (Å²) in [6.07, 6.45) is -3.41. The highest BCUT2D eigenvalue weighted by Gasteiger charge is 2.37. The first-order valence-electron chi connectivity index (χ1n) is 3.57. The zero-order valence-electron chi connectivity index (χ0n) is 6.80. The van der Waals surface area contributed by atoms with E-state index in [4.69, 9.17) is 5.11 Å². The third-order valence-corrected chi connectivity index (χ3v) is 1.42. The summed E-state index contributed by atoms with van der Waals surface area (Å²) in [4.78, 5) is 12.9. The molecule has 0 aliphatic carbocycles. The Morgan fingerprint density at radius 2 is 2.14 bits per heavy atom. The Bertz CT molecular complexity index is 351. The van der Waals surface area contributed by atoms with E-state index in [0.29, 0.717) is 0 Å². The molecule has 3 nitrogen and oxygen atoms in total. The van der Waals surface area contributed by atoms with Crippen molar-refractivity contribution in [2.75, 3.05) is 0 Å². The maximum absolute atomic E-state index is 11.7. The summed E-state index contributed by atoms with van der Waals surface area (Å²) in [6, 6.07) is 2.83. The van der Waals surface area contributed by atoms with Crippen LogP contribution in [-0.4, -0.2) is 22.1 Å². The molecule has 0 aliphatic heterocycles. The van der Waals surface area contributed by atoms with Crippen LogP contribution in [0.2, 0.25) is 0 Å². The number of aliphatic hydroxyl groups excluding tert-OH is 1. The zero-order valence-corrected chi connectivity index (χ0v) is 6.80. The number of aromatic nitrogens is 1. The van der Waals surface area contributed by atoms with Crippen LogP contribution in [-0.2, 0) is 4.79 Å². The van der Waals surface area contributed by atoms with Crippen LogP contribution in [0.3, 0.4) is 0 Å². The first-order chi connectivity index (χ1) is 6.41. The van der Waals surface area contributed by atoms with Gasteiger partial charge in [-0.3, -0.25) is 4.79 Å². The normalized spacial score (nSPS) is 12.9. The Kier molecular flexibility index (Phi) is 2.64. The Balaban J connectivity index is 2.85. The van der Waals surface area contributed by atoms with Crippen LogP contribution < -0.4 is 0 Å². The van der Waals surface area contributed by atoms with E-state index in [9.17, 15) is 18.0 Å². The summed E-state index contributed by atoms with van der Waals surface area (Å²) in [7, 11) is 0. The van der Waals surface area contributed by atoms with Crippen molar-refractivity contribution in [3.05, 3.63) is 30.1 Å². The molecule has 1 heterocycles. The predicted octanol–water partition coefficient (Wildman–Crippen LogP) is 2.04. The van der Waals surface area contributed by atoms with Crippen LogP contribution in [0.5, 0.6) is 0 Å². The molecule has 0 radical (unpaired) electrons. The number of hydrogen-bond donors (Lipinski definition) is 2. The van der Waals surface area contributed by atoms with Gasteiger partial charge in [0.05, 0.1) is 5.69 Å². The van der Waals surface area contributed by atoms with E-state index in [1.54, 1.807) is 0 Å². The van der Waals surface area contributed by atoms with E-state index in [0.717, 1.165) is 0 Å². The number of halogens is 3. The molecule has 0 saturated heterocycles. The molecular formula is C8H6F3NO2. The molecular weight excluding hydrogens is 199 g/mol. The predicted molar refractivity (Wildman–Crippen MR) is 42.5 cm³/mol. The molecule has 76 valence electrons. The standard InChI is InChI=1S/C8H6F3NO2/c9-8(10,11)7(14)4-6(13)5-2-1-3-12-5/h1-4,12-13H/b6-4-. The molecule has 2 N–H and O–H groups in total. The molecule has 0 amide bonds. The summed E-state index contributed by atoms with van der Waals surface area (Å²) in [5, 5.41) is 9.05. The number of ketones is 1. The number of nitrogens with one attached hydrogen (secondary N) is 1. The van der Waals surface area contributed by atoms with Gasteiger partial charge in [-0.1, -0.05) is 0 Å². The maximum Gasteiger partial charge on any atom is 0.454 e. The van der Waals surface area contributed by atoms with Gasteiger partial charge in [0, 0.05) is 12.3 Å². The largest absolute Gasteiger partial charge is 0.506 e. The van der Waals surface area contributed by atoms with E-state index in [-0.39, 0.29) is 11.8 Å². The first-order valence-corrected chi connectivity index (χ1v) is 3.57. The lowest BCUT2D eigenvalue weighted by molar-refractivity contribution is -0.165. The van der Waals surface area contributed by atoms with Gasteiger partial charge in [0.1, 0.15) is 5.76 Å². The molecule has 6 heteroatoms. The fourth-order valence-electron chi connectivity index (χ4n) is 0.773. The van der Waals surface area contributed by atoms with Gasteiger partial charge < -0.3 is 10.1 Å². The van der Waals surface area contributed by atoms with E-state index in [1.807, 2.05) is 0 Å². The van der Waals surface area contributed by atoms with Crippen molar-refractivity contribution in [2.24, 2.45) is 0 Å². The number of aliphatic hydroxyl groups is 1. The number of carbonyl (C=O) groups is 1. The van der Waals surface area contributed by atoms with E-state index >= 15 is 0 Å². The Hall–Kier alpha value is -1.72. The second kappa shape index (κ2) is 3.57. The molecule has 0 fully saturated rings. The number of rotatable bonds is 2. The molecule has 0 aliphatic rings. The highest BCUT2D eigenvalue weighted by molar-refractivity contribution is 5.98. The molecule has 0 bridgehead atoms. The summed E-state index contributed by atoms with van der Waals surface area (Å²) in [6.45, 7) is 0. The van der Waals surface area contributed by atoms with Crippen LogP contribution in [0.1, 0.15) is 5.69 Å². The van der Waals surface area contributed by atoms with Crippen molar-refractivity contribution in [3.8, 4) is 0 Å². The molecule has 1 aromatic heterocycles. The molecule has 0 unspecified atom stereocenters. The second-order valence-electron chi connectivity index (χ2n) is 2.48. The number of alkyl halides is 3. The van der Waals surface area contributed by atoms with E-state index in [1.165, 1.54) is 18.3 Å². The van der Waals surface area contributed by atoms with Gasteiger partial charge >= 0.3 is 6.18 Å². The van der Waals surface area contributed by atoms with Gasteiger partial charge in [-0.2, -0.15) is 13.2 Å². The molecule has 0 aromatic carbocycles. The number of hydrogen-bond acceptors (Lipinski definition) is 2. The third kappa shape index (κ3) is 2.38. The van der Waals surface area contributed by atoms with Crippen molar-refractivity contribution in [1.82, 2.24) is 4.98 Å². The Labute approximate surface area is 76.9 Å². The van der Waals surface area contributed by atoms with Crippen LogP contribution >= 0.6 is 0 Å². The highest BCUT2D eigenvalue weighted by atomic mass is 19.4. The summed E-state index contributed by atoms with van der Waals surface area (Å²) in [5.41, 5.74) is 0.0580. The molecule has 1 aromatic rings. The number of aromatic amines is 1. The van der Waals surface area contributed by atoms with Gasteiger partial charge in [0.25, 0.3) is 5.78 Å². The van der Waals surface area contributed by atoms with Crippen molar-refractivity contribution < 1.29 is 23.1 Å². The lowest BCUT2D eigenvalue weighted by atomic mass is 10.2. The minimum Gasteiger partial charge on any atom is -0.506 e. The van der Waals surface area contributed by atoms with Crippen LogP contribution in [0.25, 0.3) is 5.76 Å². The topological polar surface area (TPSA) is 53.1 Å². The third-order valence-electron chi connectivity index (χ3n) is 1.42. The Morgan fingerprint density at radius 1 is 1.50 bits per heavy atom. The van der Waals surface area contributed by atoms with Gasteiger partial charge in [-0.15, -0.1) is 0 Å². The average molecular weight is 205 g/mol. The first kappa shape index (κ1) is 10.4. The number of allylic oxidation sites excluding steroid dienone is 1. The van der Waals surface area contributed by atoms with E-state index in [2.05, 4.69) is 4.98 Å². The SMILES string of the molecule is O=C(/C=C(\O)c1ccc[nH]1)C(F)(F)F. The molecule has 14 heavy (non-hydrogen) atoms. The van der Waals surface area contributed by atoms with Crippen molar-refractivity contribution in [2.45, 2.75) is 6.18 Å². The summed E-state index contributed by atoms with van der Waals surface area (Å²) < 4.78 is 35.2. The van der Waals surface area contributed by atoms with Crippen LogP contribution in [0.15, 0.2) is 24.4 Å². The maximum atomic E-state index is 11.7. The molecule has 0 spiro atoms. The van der Waals surface area contributed by atoms with Gasteiger partial charge in [-0.25, -0.2) is 0 Å². The number of carbonyl (C=O) groups excluding carboxylic acids is 1. The summed E-state index contributed by atoms with van der Waals surface area (Å²) in [5.74, 6) is -2.83. The lowest BCUT2D eigenvalue weighted by Gasteiger charge is -2.00. The molecule has 0 saturated carbocycles. The quantitative estimate of drug-likeness (QED) is 0.573. The minimum atomic E-state index is -4.96. The molecule has 1 rings (SSSR count). The van der Waals surface area contributed by atoms with Gasteiger partial charge in [0.15, 0.2) is 0 Å². The molecule has 0 atom stereocenters. The number of H-pyrrole nitrogens is 1.